The van der Waals surface area contributed by atoms with Gasteiger partial charge in [-0.3, -0.25) is 4.79 Å². The van der Waals surface area contributed by atoms with Crippen molar-refractivity contribution in [3.8, 4) is 0 Å². The third-order valence-corrected chi connectivity index (χ3v) is 4.35. The van der Waals surface area contributed by atoms with Crippen molar-refractivity contribution in [3.05, 3.63) is 0 Å². The second-order valence-corrected chi connectivity index (χ2v) is 5.48. The highest BCUT2D eigenvalue weighted by atomic mass is 16.4. The van der Waals surface area contributed by atoms with Crippen LogP contribution in [0.2, 0.25) is 0 Å². The molecule has 3 N–H and O–H groups in total. The topological polar surface area (TPSA) is 83.6 Å². The summed E-state index contributed by atoms with van der Waals surface area (Å²) in [7, 11) is 0. The van der Waals surface area contributed by atoms with E-state index in [2.05, 4.69) is 0 Å². The molecule has 0 spiro atoms. The first-order valence-corrected chi connectivity index (χ1v) is 6.86. The molecule has 1 aliphatic carbocycles. The fourth-order valence-corrected chi connectivity index (χ4v) is 3.17. The summed E-state index contributed by atoms with van der Waals surface area (Å²) >= 11 is 0. The number of carboxylic acids is 1. The van der Waals surface area contributed by atoms with Crippen LogP contribution in [0.5, 0.6) is 0 Å². The minimum absolute atomic E-state index is 0.0211. The maximum atomic E-state index is 12.3. The number of hydrogen-bond acceptors (Lipinski definition) is 3. The molecule has 5 nitrogen and oxygen atoms in total. The molecular formula is C13H22N2O3. The van der Waals surface area contributed by atoms with Gasteiger partial charge in [0.15, 0.2) is 0 Å². The minimum Gasteiger partial charge on any atom is -0.480 e. The van der Waals surface area contributed by atoms with Crippen LogP contribution in [0, 0.1) is 11.8 Å². The van der Waals surface area contributed by atoms with Gasteiger partial charge in [-0.2, -0.15) is 0 Å². The number of carbonyl (C=O) groups is 2. The summed E-state index contributed by atoms with van der Waals surface area (Å²) in [5.41, 5.74) is 5.64. The van der Waals surface area contributed by atoms with E-state index in [4.69, 9.17) is 10.8 Å². The number of carbonyl (C=O) groups excluding carboxylic acids is 1. The van der Waals surface area contributed by atoms with Crippen molar-refractivity contribution in [2.75, 3.05) is 13.1 Å². The molecule has 1 saturated heterocycles. The first-order valence-electron chi connectivity index (χ1n) is 6.86. The zero-order chi connectivity index (χ0) is 13.1. The molecule has 1 saturated carbocycles. The molecule has 1 heterocycles. The predicted octanol–water partition coefficient (Wildman–Crippen LogP) is 0.827. The van der Waals surface area contributed by atoms with Crippen LogP contribution in [-0.4, -0.2) is 41.0 Å². The summed E-state index contributed by atoms with van der Waals surface area (Å²) in [5.74, 6) is -0.248. The van der Waals surface area contributed by atoms with Crippen molar-refractivity contribution in [2.45, 2.75) is 44.6 Å². The fourth-order valence-electron chi connectivity index (χ4n) is 3.17. The Labute approximate surface area is 107 Å². The molecule has 0 aromatic carbocycles. The van der Waals surface area contributed by atoms with Gasteiger partial charge >= 0.3 is 5.97 Å². The summed E-state index contributed by atoms with van der Waals surface area (Å²) in [6.45, 7) is 1.30. The normalized spacial score (nSPS) is 32.5. The van der Waals surface area contributed by atoms with Crippen LogP contribution < -0.4 is 5.73 Å². The second-order valence-electron chi connectivity index (χ2n) is 5.48. The Hall–Kier alpha value is -1.10. The largest absolute Gasteiger partial charge is 0.480 e. The molecule has 1 aliphatic heterocycles. The number of nitrogens with zero attached hydrogens (tertiary/aromatic N) is 1. The molecule has 2 rings (SSSR count). The van der Waals surface area contributed by atoms with Crippen molar-refractivity contribution in [1.82, 2.24) is 4.90 Å². The highest BCUT2D eigenvalue weighted by molar-refractivity contribution is 5.85. The number of nitrogens with two attached hydrogens (primary N) is 1. The van der Waals surface area contributed by atoms with Gasteiger partial charge in [0.25, 0.3) is 0 Å². The Morgan fingerprint density at radius 3 is 2.39 bits per heavy atom. The minimum atomic E-state index is -0.864. The molecule has 1 amide bonds. The van der Waals surface area contributed by atoms with Gasteiger partial charge in [0.05, 0.1) is 0 Å². The molecule has 0 aromatic heterocycles. The molecule has 0 radical (unpaired) electrons. The van der Waals surface area contributed by atoms with Crippen molar-refractivity contribution in [2.24, 2.45) is 17.6 Å². The highest BCUT2D eigenvalue weighted by Gasteiger charge is 2.37. The molecule has 5 heteroatoms. The standard InChI is InChI=1S/C13H22N2O3/c14-8-9-3-5-10(6-4-9)12(16)15-7-1-2-11(15)13(17)18/h9-11H,1-8,14H2,(H,17,18)/t9?,10?,11-/m0/s1. The molecular weight excluding hydrogens is 232 g/mol. The zero-order valence-corrected chi connectivity index (χ0v) is 10.7. The number of hydrogen-bond donors (Lipinski definition) is 2. The second kappa shape index (κ2) is 5.69. The average Bonchev–Trinajstić information content (AvgIpc) is 2.87. The van der Waals surface area contributed by atoms with Crippen LogP contribution in [0.3, 0.4) is 0 Å². The summed E-state index contributed by atoms with van der Waals surface area (Å²) in [6, 6.07) is -0.593. The van der Waals surface area contributed by atoms with Gasteiger partial charge in [-0.05, 0) is 51.0 Å². The zero-order valence-electron chi connectivity index (χ0n) is 10.7. The molecule has 0 unspecified atom stereocenters. The van der Waals surface area contributed by atoms with Crippen molar-refractivity contribution >= 4 is 11.9 Å². The quantitative estimate of drug-likeness (QED) is 0.781. The smallest absolute Gasteiger partial charge is 0.326 e. The predicted molar refractivity (Wildman–Crippen MR) is 66.9 cm³/mol. The van der Waals surface area contributed by atoms with Crippen LogP contribution in [0.15, 0.2) is 0 Å². The first-order chi connectivity index (χ1) is 8.63. The van der Waals surface area contributed by atoms with E-state index < -0.39 is 12.0 Å². The van der Waals surface area contributed by atoms with E-state index in [1.54, 1.807) is 4.90 Å². The Bertz CT molecular complexity index is 324. The Morgan fingerprint density at radius 1 is 1.17 bits per heavy atom. The van der Waals surface area contributed by atoms with E-state index in [0.717, 1.165) is 32.1 Å². The SMILES string of the molecule is NCC1CCC(C(=O)N2CCC[C@H]2C(=O)O)CC1. The molecule has 2 fully saturated rings. The lowest BCUT2D eigenvalue weighted by atomic mass is 9.81. The van der Waals surface area contributed by atoms with Crippen LogP contribution >= 0.6 is 0 Å². The van der Waals surface area contributed by atoms with E-state index in [1.807, 2.05) is 0 Å². The van der Waals surface area contributed by atoms with Gasteiger partial charge < -0.3 is 15.7 Å². The fraction of sp³-hybridized carbons (Fsp3) is 0.846. The molecule has 102 valence electrons. The average molecular weight is 254 g/mol. The van der Waals surface area contributed by atoms with Crippen LogP contribution in [-0.2, 0) is 9.59 Å². The third-order valence-electron chi connectivity index (χ3n) is 4.35. The maximum absolute atomic E-state index is 12.3. The van der Waals surface area contributed by atoms with E-state index in [-0.39, 0.29) is 11.8 Å². The molecule has 18 heavy (non-hydrogen) atoms. The molecule has 0 bridgehead atoms. The Morgan fingerprint density at radius 2 is 1.83 bits per heavy atom. The number of carboxylic acid groups (broad SMARTS) is 1. The Balaban J connectivity index is 1.93. The van der Waals surface area contributed by atoms with E-state index >= 15 is 0 Å². The number of aliphatic carboxylic acids is 1. The maximum Gasteiger partial charge on any atom is 0.326 e. The first kappa shape index (κ1) is 13.3. The summed E-state index contributed by atoms with van der Waals surface area (Å²) in [4.78, 5) is 25.0. The lowest BCUT2D eigenvalue weighted by Crippen LogP contribution is -2.44. The van der Waals surface area contributed by atoms with Gasteiger partial charge in [0.1, 0.15) is 6.04 Å². The summed E-state index contributed by atoms with van der Waals surface area (Å²) < 4.78 is 0. The summed E-state index contributed by atoms with van der Waals surface area (Å²) in [6.07, 6.45) is 5.13. The van der Waals surface area contributed by atoms with Gasteiger partial charge in [-0.15, -0.1) is 0 Å². The van der Waals surface area contributed by atoms with E-state index in [1.165, 1.54) is 0 Å². The van der Waals surface area contributed by atoms with Gasteiger partial charge in [0.2, 0.25) is 5.91 Å². The number of likely N-dealkylation sites (tertiary alicyclic amines) is 1. The highest BCUT2D eigenvalue weighted by Crippen LogP contribution is 2.31. The Kier molecular flexibility index (Phi) is 4.22. The van der Waals surface area contributed by atoms with Crippen molar-refractivity contribution in [3.63, 3.8) is 0 Å². The van der Waals surface area contributed by atoms with E-state index in [0.29, 0.717) is 25.4 Å². The van der Waals surface area contributed by atoms with Gasteiger partial charge in [-0.1, -0.05) is 0 Å². The number of rotatable bonds is 3. The summed E-state index contributed by atoms with van der Waals surface area (Å²) in [5, 5.41) is 9.10. The lowest BCUT2D eigenvalue weighted by Gasteiger charge is -2.31. The van der Waals surface area contributed by atoms with Crippen LogP contribution in [0.4, 0.5) is 0 Å². The molecule has 1 atom stereocenters. The van der Waals surface area contributed by atoms with Crippen molar-refractivity contribution in [1.29, 1.82) is 0 Å². The third kappa shape index (κ3) is 2.66. The van der Waals surface area contributed by atoms with Gasteiger partial charge in [-0.25, -0.2) is 4.79 Å². The number of amides is 1. The molecule has 2 aliphatic rings. The monoisotopic (exact) mass is 254 g/mol. The molecule has 0 aromatic rings. The lowest BCUT2D eigenvalue weighted by molar-refractivity contribution is -0.150. The van der Waals surface area contributed by atoms with Crippen molar-refractivity contribution < 1.29 is 14.7 Å². The van der Waals surface area contributed by atoms with Crippen LogP contribution in [0.25, 0.3) is 0 Å². The van der Waals surface area contributed by atoms with Gasteiger partial charge in [0, 0.05) is 12.5 Å². The van der Waals surface area contributed by atoms with Crippen LogP contribution in [0.1, 0.15) is 38.5 Å². The van der Waals surface area contributed by atoms with E-state index in [9.17, 15) is 9.59 Å².